The lowest BCUT2D eigenvalue weighted by Gasteiger charge is -2.24. The predicted octanol–water partition coefficient (Wildman–Crippen LogP) is 17.4. The van der Waals surface area contributed by atoms with Crippen LogP contribution < -0.4 is 0 Å². The van der Waals surface area contributed by atoms with Gasteiger partial charge in [-0.1, -0.05) is 101 Å². The van der Waals surface area contributed by atoms with E-state index < -0.39 is 10.8 Å². The monoisotopic (exact) mass is 1240 g/mol. The van der Waals surface area contributed by atoms with Crippen LogP contribution in [0.3, 0.4) is 0 Å². The number of aromatic hydroxyl groups is 7. The Morgan fingerprint density at radius 1 is 0.284 bits per heavy atom. The molecule has 0 atom stereocenters. The lowest BCUT2D eigenvalue weighted by atomic mass is 9.84. The van der Waals surface area contributed by atoms with E-state index in [1.807, 2.05) is 131 Å². The van der Waals surface area contributed by atoms with Gasteiger partial charge in [-0.05, 0) is 161 Å². The Morgan fingerprint density at radius 3 is 0.932 bits per heavy atom. The van der Waals surface area contributed by atoms with Gasteiger partial charge in [-0.25, -0.2) is 29.9 Å². The van der Waals surface area contributed by atoms with Gasteiger partial charge in [-0.3, -0.25) is 4.98 Å². The number of benzene rings is 7. The van der Waals surface area contributed by atoms with E-state index in [1.54, 1.807) is 66.9 Å². The van der Waals surface area contributed by atoms with Crippen LogP contribution in [0.15, 0.2) is 194 Å². The third-order valence-electron chi connectivity index (χ3n) is 15.2. The summed E-state index contributed by atoms with van der Waals surface area (Å²) in [5, 5.41) is 77.5. The fourth-order valence-electron chi connectivity index (χ4n) is 10.1. The van der Waals surface area contributed by atoms with Crippen LogP contribution in [0, 0.1) is 0 Å². The highest BCUT2D eigenvalue weighted by atomic mass is 35.5. The van der Waals surface area contributed by atoms with Gasteiger partial charge in [0.15, 0.2) is 0 Å². The van der Waals surface area contributed by atoms with Gasteiger partial charge in [0.05, 0.1) is 42.9 Å². The van der Waals surface area contributed by atoms with E-state index in [9.17, 15) is 35.7 Å². The average molecular weight is 1250 g/mol. The molecule has 18 heteroatoms. The summed E-state index contributed by atoms with van der Waals surface area (Å²) in [7, 11) is 0. The quantitative estimate of drug-likeness (QED) is 0.0821. The Hall–Kier alpha value is -9.83. The first-order valence-electron chi connectivity index (χ1n) is 27.5. The Labute approximate surface area is 523 Å². The van der Waals surface area contributed by atoms with E-state index in [0.29, 0.717) is 86.7 Å². The topological polar surface area (TPSA) is 232 Å². The number of phenolic OH excluding ortho intramolecular Hbond substituents is 7. The summed E-state index contributed by atoms with van der Waals surface area (Å²) < 4.78 is 0. The number of pyridine rings is 7. The van der Waals surface area contributed by atoms with Crippen molar-refractivity contribution in [3.63, 3.8) is 0 Å². The maximum absolute atomic E-state index is 10.2. The summed E-state index contributed by atoms with van der Waals surface area (Å²) in [6.07, 6.45) is 2.12. The van der Waals surface area contributed by atoms with Crippen LogP contribution in [-0.2, 0) is 17.3 Å². The van der Waals surface area contributed by atoms with Crippen molar-refractivity contribution in [1.82, 2.24) is 34.9 Å². The second-order valence-electron chi connectivity index (χ2n) is 21.7. The second-order valence-corrected chi connectivity index (χ2v) is 23.3. The molecular weight excluding hydrogens is 1190 g/mol. The molecule has 14 rings (SSSR count). The highest BCUT2D eigenvalue weighted by molar-refractivity contribution is 6.37. The second kappa shape index (κ2) is 24.5. The lowest BCUT2D eigenvalue weighted by Crippen LogP contribution is -2.22. The molecule has 7 aromatic carbocycles. The first kappa shape index (κ1) is 59.9. The minimum Gasteiger partial charge on any atom is -0.506 e. The normalized spacial score (nSPS) is 11.5. The number of rotatable bonds is 6. The van der Waals surface area contributed by atoms with Gasteiger partial charge in [0.1, 0.15) is 78.9 Å². The number of fused-ring (bicyclic) bond motifs is 7. The average Bonchev–Trinajstić information content (AvgIpc) is 3.53. The number of para-hydroxylation sites is 3. The molecule has 7 heterocycles. The number of nitrogens with zero attached hydrogens (tertiary/aromatic N) is 7. The number of halogens is 4. The molecular formula is C70H53Cl4N7O7. The van der Waals surface area contributed by atoms with Crippen molar-refractivity contribution < 1.29 is 35.7 Å². The largest absolute Gasteiger partial charge is 0.506 e. The van der Waals surface area contributed by atoms with Crippen molar-refractivity contribution >= 4 is 123 Å². The first-order chi connectivity index (χ1) is 42.2. The van der Waals surface area contributed by atoms with Gasteiger partial charge in [0, 0.05) is 72.5 Å². The zero-order chi connectivity index (χ0) is 62.2. The standard InChI is InChI=1S/C21H16Cl2N2O2.C21H18N2O2.C19H12Cl2N2O2.C9H7NO/c1-21(2,17-9-3-11-13(22)5-7-15(26)19(11)24-17)18-10-4-12-14(23)6-8-16(27)20(12)25-18;1-21(2,17-11-9-13-5-3-7-15(24)19(13)22-17)18-12-10-14-6-4-8-16(25)20(14)23-18;20-14-5-7-16(24)18-12(14)3-1-10(22-18)9-11-2-4-13-15(21)6-8-17(25)19(13)23-11;11-8-5-1-3-7-4-2-6-10-9(7)8/h3-10,26-27H,1-2H3;3-12,24-25H,1-2H3;1-8,24-25H,9H2;1-6,11H. The van der Waals surface area contributed by atoms with Gasteiger partial charge in [0.25, 0.3) is 0 Å². The molecule has 0 bridgehead atoms. The molecule has 0 radical (unpaired) electrons. The molecule has 0 aliphatic rings. The molecule has 88 heavy (non-hydrogen) atoms. The predicted molar refractivity (Wildman–Crippen MR) is 351 cm³/mol. The summed E-state index contributed by atoms with van der Waals surface area (Å²) in [6, 6.07) is 55.1. The van der Waals surface area contributed by atoms with Crippen molar-refractivity contribution in [3.8, 4) is 40.2 Å². The Morgan fingerprint density at radius 2 is 0.568 bits per heavy atom. The first-order valence-corrected chi connectivity index (χ1v) is 29.0. The van der Waals surface area contributed by atoms with Crippen LogP contribution in [0.2, 0.25) is 20.1 Å². The summed E-state index contributed by atoms with van der Waals surface area (Å²) in [5.74, 6) is 0.877. The lowest BCUT2D eigenvalue weighted by molar-refractivity contribution is 0.478. The van der Waals surface area contributed by atoms with E-state index in [2.05, 4.69) is 34.9 Å². The van der Waals surface area contributed by atoms with Crippen molar-refractivity contribution in [2.45, 2.75) is 44.9 Å². The van der Waals surface area contributed by atoms with Gasteiger partial charge < -0.3 is 35.7 Å². The molecule has 0 aliphatic carbocycles. The molecule has 0 fully saturated rings. The Kier molecular flexibility index (Phi) is 16.7. The van der Waals surface area contributed by atoms with E-state index in [1.165, 1.54) is 24.3 Å². The van der Waals surface area contributed by atoms with Crippen molar-refractivity contribution in [1.29, 1.82) is 0 Å². The molecule has 0 aliphatic heterocycles. The van der Waals surface area contributed by atoms with E-state index in [-0.39, 0.29) is 40.2 Å². The summed E-state index contributed by atoms with van der Waals surface area (Å²) in [4.78, 5) is 31.6. The molecule has 14 nitrogen and oxygen atoms in total. The maximum atomic E-state index is 10.2. The van der Waals surface area contributed by atoms with Crippen LogP contribution in [0.4, 0.5) is 0 Å². The fraction of sp³-hybridized carbons (Fsp3) is 0.100. The van der Waals surface area contributed by atoms with Gasteiger partial charge >= 0.3 is 0 Å². The third kappa shape index (κ3) is 12.0. The third-order valence-corrected chi connectivity index (χ3v) is 16.5. The van der Waals surface area contributed by atoms with Crippen LogP contribution in [-0.4, -0.2) is 70.6 Å². The highest BCUT2D eigenvalue weighted by Gasteiger charge is 2.29. The molecule has 0 amide bonds. The summed E-state index contributed by atoms with van der Waals surface area (Å²) in [6.45, 7) is 8.04. The zero-order valence-corrected chi connectivity index (χ0v) is 50.5. The van der Waals surface area contributed by atoms with Gasteiger partial charge in [-0.15, -0.1) is 0 Å². The smallest absolute Gasteiger partial charge is 0.141 e. The number of hydrogen-bond donors (Lipinski definition) is 7. The van der Waals surface area contributed by atoms with E-state index in [0.717, 1.165) is 50.3 Å². The van der Waals surface area contributed by atoms with Crippen LogP contribution in [0.25, 0.3) is 76.3 Å². The van der Waals surface area contributed by atoms with E-state index >= 15 is 0 Å². The molecule has 7 aromatic heterocycles. The number of hydrogen-bond acceptors (Lipinski definition) is 14. The Balaban J connectivity index is 0.000000125. The minimum atomic E-state index is -0.577. The number of phenols is 7. The molecule has 438 valence electrons. The Bertz CT molecular complexity index is 4760. The molecule has 14 aromatic rings. The molecule has 0 saturated carbocycles. The SMILES string of the molecule is CC(C)(c1ccc2c(Cl)ccc(O)c2n1)c1ccc2c(Cl)ccc(O)c2n1.CC(C)(c1ccc2cccc(O)c2n1)c1ccc2cccc(O)c2n1.Oc1ccc(Cl)c2ccc(Cc3ccc4c(Cl)ccc(O)c4n3)nc12.Oc1cccc2cccnc12. The van der Waals surface area contributed by atoms with Crippen LogP contribution in [0.1, 0.15) is 61.9 Å². The molecule has 7 N–H and O–H groups in total. The molecule has 0 spiro atoms. The molecule has 0 unspecified atom stereocenters. The summed E-state index contributed by atoms with van der Waals surface area (Å²) >= 11 is 24.7. The van der Waals surface area contributed by atoms with Gasteiger partial charge in [-0.2, -0.15) is 0 Å². The van der Waals surface area contributed by atoms with Crippen LogP contribution in [0.5, 0.6) is 40.2 Å². The maximum Gasteiger partial charge on any atom is 0.141 e. The van der Waals surface area contributed by atoms with Crippen molar-refractivity contribution in [2.24, 2.45) is 0 Å². The van der Waals surface area contributed by atoms with Crippen LogP contribution >= 0.6 is 46.4 Å². The number of aromatic nitrogens is 7. The minimum absolute atomic E-state index is 0.0722. The van der Waals surface area contributed by atoms with E-state index in [4.69, 9.17) is 46.4 Å². The summed E-state index contributed by atoms with van der Waals surface area (Å²) in [5.41, 5.74) is 7.10. The van der Waals surface area contributed by atoms with Crippen molar-refractivity contribution in [2.75, 3.05) is 0 Å². The fourth-order valence-corrected chi connectivity index (χ4v) is 11.0. The molecule has 0 saturated heterocycles. The zero-order valence-electron chi connectivity index (χ0n) is 47.5. The van der Waals surface area contributed by atoms with Gasteiger partial charge in [0.2, 0.25) is 0 Å². The highest BCUT2D eigenvalue weighted by Crippen LogP contribution is 2.39. The van der Waals surface area contributed by atoms with Crippen molar-refractivity contribution in [3.05, 3.63) is 249 Å².